The maximum Gasteiger partial charge on any atom is 4.00 e. The van der Waals surface area contributed by atoms with Crippen molar-refractivity contribution in [2.24, 2.45) is 0 Å². The Hall–Kier alpha value is 1.16. The van der Waals surface area contributed by atoms with E-state index in [9.17, 15) is 0 Å². The maximum absolute atomic E-state index is 8.52. The summed E-state index contributed by atoms with van der Waals surface area (Å²) >= 11 is 8.53. The molecule has 0 aliphatic rings. The average molecular weight is 370 g/mol. The molecule has 0 aliphatic heterocycles. The van der Waals surface area contributed by atoms with E-state index < -0.39 is 20.8 Å². The third-order valence-corrected chi connectivity index (χ3v) is 0. The molecule has 0 aromatic carbocycles. The maximum atomic E-state index is 8.52. The quantitative estimate of drug-likeness (QED) is 0.368. The third kappa shape index (κ3) is 1440. The van der Waals surface area contributed by atoms with Crippen LogP contribution in [0.2, 0.25) is 0 Å². The summed E-state index contributed by atoms with van der Waals surface area (Å²) in [4.78, 5) is 0. The standard InChI is InChI=1S/Cl2O.2H2O4S.Zr/c1-3-2;2*1-5(2,3)4;/h;2*(H2,1,2,3,4);/q;;;+4/p-4. The Morgan fingerprint density at radius 1 is 0.786 bits per heavy atom. The molecule has 0 N–H and O–H groups in total. The van der Waals surface area contributed by atoms with Crippen molar-refractivity contribution < 1.29 is 65.1 Å². The van der Waals surface area contributed by atoms with Crippen molar-refractivity contribution in [3.05, 3.63) is 0 Å². The van der Waals surface area contributed by atoms with Crippen LogP contribution in [-0.2, 0) is 50.8 Å². The Morgan fingerprint density at radius 2 is 0.786 bits per heavy atom. The minimum absolute atomic E-state index is 0. The molecule has 0 unspecified atom stereocenters. The Kier molecular flexibility index (Phi) is 21.3. The predicted molar refractivity (Wildman–Crippen MR) is 33.7 cm³/mol. The largest absolute Gasteiger partial charge is 4.00 e. The first-order chi connectivity index (χ1) is 5.41. The zero-order valence-corrected chi connectivity index (χ0v) is 11.3. The second-order valence-electron chi connectivity index (χ2n) is 0.875. The first-order valence-corrected chi connectivity index (χ1v) is 4.93. The van der Waals surface area contributed by atoms with Gasteiger partial charge in [-0.3, -0.25) is 16.8 Å². The van der Waals surface area contributed by atoms with Crippen LogP contribution < -0.4 is 0 Å². The fourth-order valence-electron chi connectivity index (χ4n) is 0. The van der Waals surface area contributed by atoms with Gasteiger partial charge in [0.1, 0.15) is 0 Å². The Bertz CT molecular complexity index is 230. The SMILES string of the molecule is ClOCl.O=S(=O)([O-])[O-].O=S(=O)([O-])[O-].[Zr+4]. The van der Waals surface area contributed by atoms with Crippen molar-refractivity contribution in [1.29, 1.82) is 0 Å². The van der Waals surface area contributed by atoms with Crippen molar-refractivity contribution in [3.63, 3.8) is 0 Å². The van der Waals surface area contributed by atoms with E-state index in [1.54, 1.807) is 0 Å². The first kappa shape index (κ1) is 24.4. The van der Waals surface area contributed by atoms with E-state index in [2.05, 4.69) is 27.6 Å². The topological polar surface area (TPSA) is 170 Å². The fourth-order valence-corrected chi connectivity index (χ4v) is 0. The average Bonchev–Trinajstić information content (AvgIpc) is 1.52. The number of rotatable bonds is 0. The first-order valence-electron chi connectivity index (χ1n) is 1.64. The molecule has 0 saturated carbocycles. The van der Waals surface area contributed by atoms with E-state index in [4.69, 9.17) is 35.0 Å². The molecule has 14 heteroatoms. The molecule has 0 spiro atoms. The number of hydrogen-bond donors (Lipinski definition) is 0. The molecule has 14 heavy (non-hydrogen) atoms. The Balaban J connectivity index is -0.0000000535. The summed E-state index contributed by atoms with van der Waals surface area (Å²) in [6.45, 7) is 0. The van der Waals surface area contributed by atoms with Crippen LogP contribution in [0.15, 0.2) is 0 Å². The van der Waals surface area contributed by atoms with Crippen molar-refractivity contribution in [1.82, 2.24) is 0 Å². The van der Waals surface area contributed by atoms with Crippen LogP contribution in [0.4, 0.5) is 0 Å². The van der Waals surface area contributed by atoms with Crippen molar-refractivity contribution in [2.75, 3.05) is 0 Å². The molecule has 0 rings (SSSR count). The summed E-state index contributed by atoms with van der Waals surface area (Å²) in [5.41, 5.74) is 0. The van der Waals surface area contributed by atoms with E-state index >= 15 is 0 Å². The molecular weight excluding hydrogens is 370 g/mol. The Morgan fingerprint density at radius 3 is 0.786 bits per heavy atom. The van der Waals surface area contributed by atoms with E-state index in [0.717, 1.165) is 0 Å². The van der Waals surface area contributed by atoms with Crippen LogP contribution in [0.1, 0.15) is 0 Å². The van der Waals surface area contributed by atoms with Crippen LogP contribution in [0.25, 0.3) is 0 Å². The van der Waals surface area contributed by atoms with Crippen LogP contribution in [-0.4, -0.2) is 35.0 Å². The molecule has 0 aromatic rings. The van der Waals surface area contributed by atoms with E-state index in [1.165, 1.54) is 0 Å². The van der Waals surface area contributed by atoms with Gasteiger partial charge in [-0.1, -0.05) is 0 Å². The minimum Gasteiger partial charge on any atom is -0.759 e. The minimum atomic E-state index is -5.17. The summed E-state index contributed by atoms with van der Waals surface area (Å²) in [6, 6.07) is 0. The summed E-state index contributed by atoms with van der Waals surface area (Å²) < 4.78 is 71.4. The van der Waals surface area contributed by atoms with Crippen molar-refractivity contribution >= 4 is 44.5 Å². The van der Waals surface area contributed by atoms with Gasteiger partial charge in [-0.05, 0) is 0 Å². The second kappa shape index (κ2) is 12.2. The van der Waals surface area contributed by atoms with E-state index in [-0.39, 0.29) is 26.2 Å². The fraction of sp³-hybridized carbons (Fsp3) is 0. The summed E-state index contributed by atoms with van der Waals surface area (Å²) in [5.74, 6) is 0. The van der Waals surface area contributed by atoms with Gasteiger partial charge in [0, 0.05) is 20.8 Å². The molecule has 0 bridgehead atoms. The summed E-state index contributed by atoms with van der Waals surface area (Å²) in [5, 5.41) is 0. The smallest absolute Gasteiger partial charge is 0.759 e. The molecule has 0 saturated heterocycles. The van der Waals surface area contributed by atoms with Crippen LogP contribution in [0, 0.1) is 0 Å². The van der Waals surface area contributed by atoms with Gasteiger partial charge in [-0.25, -0.2) is 0 Å². The molecule has 9 nitrogen and oxygen atoms in total. The normalized spacial score (nSPS) is 9.57. The van der Waals surface area contributed by atoms with Crippen LogP contribution >= 0.6 is 23.7 Å². The molecule has 0 atom stereocenters. The monoisotopic (exact) mass is 368 g/mol. The zero-order valence-electron chi connectivity index (χ0n) is 5.75. The molecule has 0 amide bonds. The number of hydrogen-bond acceptors (Lipinski definition) is 9. The van der Waals surface area contributed by atoms with Gasteiger partial charge in [0.15, 0.2) is 0 Å². The van der Waals surface area contributed by atoms with E-state index in [0.29, 0.717) is 0 Å². The second-order valence-corrected chi connectivity index (χ2v) is 2.97. The number of halogens is 2. The van der Waals surface area contributed by atoms with Gasteiger partial charge < -0.3 is 18.2 Å². The van der Waals surface area contributed by atoms with Gasteiger partial charge in [0.05, 0.1) is 23.7 Å². The van der Waals surface area contributed by atoms with Gasteiger partial charge in [0.2, 0.25) is 0 Å². The third-order valence-electron chi connectivity index (χ3n) is 0. The van der Waals surface area contributed by atoms with E-state index in [1.807, 2.05) is 0 Å². The van der Waals surface area contributed by atoms with Crippen LogP contribution in [0.3, 0.4) is 0 Å². The van der Waals surface area contributed by atoms with Gasteiger partial charge in [0.25, 0.3) is 0 Å². The molecule has 0 heterocycles. The molecule has 0 radical (unpaired) electrons. The molecule has 84 valence electrons. The molecule has 0 aromatic heterocycles. The van der Waals surface area contributed by atoms with Crippen molar-refractivity contribution in [3.8, 4) is 0 Å². The van der Waals surface area contributed by atoms with Crippen molar-refractivity contribution in [2.45, 2.75) is 0 Å². The van der Waals surface area contributed by atoms with Gasteiger partial charge >= 0.3 is 26.2 Å². The van der Waals surface area contributed by atoms with Gasteiger partial charge in [-0.15, -0.1) is 0 Å². The molecule has 0 aliphatic carbocycles. The Labute approximate surface area is 109 Å². The summed E-state index contributed by atoms with van der Waals surface area (Å²) in [7, 11) is -10.3. The van der Waals surface area contributed by atoms with Gasteiger partial charge in [-0.2, -0.15) is 3.84 Å². The summed E-state index contributed by atoms with van der Waals surface area (Å²) in [6.07, 6.45) is 0. The predicted octanol–water partition coefficient (Wildman–Crippen LogP) is -1.37. The molecule has 0 fully saturated rings. The van der Waals surface area contributed by atoms with Crippen LogP contribution in [0.5, 0.6) is 0 Å². The molecular formula is Cl2O9S2Zr. The zero-order chi connectivity index (χ0) is 11.7.